The molecule has 0 aliphatic rings. The number of allylic oxidation sites excluding steroid dienone is 14. The highest BCUT2D eigenvalue weighted by atomic mass is 16.6. The lowest BCUT2D eigenvalue weighted by atomic mass is 10.0. The normalized spacial score (nSPS) is 13.8. The van der Waals surface area contributed by atoms with Crippen LogP contribution < -0.4 is 5.11 Å². The van der Waals surface area contributed by atoms with Crippen molar-refractivity contribution in [1.82, 2.24) is 0 Å². The van der Waals surface area contributed by atoms with E-state index < -0.39 is 18.1 Å². The number of aliphatic carboxylic acids is 1. The van der Waals surface area contributed by atoms with Crippen molar-refractivity contribution in [1.29, 1.82) is 0 Å². The van der Waals surface area contributed by atoms with Gasteiger partial charge in [0.05, 0.1) is 40.3 Å². The van der Waals surface area contributed by atoms with E-state index in [4.69, 9.17) is 14.2 Å². The van der Waals surface area contributed by atoms with Gasteiger partial charge in [-0.25, -0.2) is 0 Å². The maximum Gasteiger partial charge on any atom is 0.306 e. The Morgan fingerprint density at radius 2 is 0.982 bits per heavy atom. The number of ether oxygens (including phenoxy) is 3. The molecule has 324 valence electrons. The highest BCUT2D eigenvalue weighted by Gasteiger charge is 2.25. The van der Waals surface area contributed by atoms with Gasteiger partial charge in [-0.05, 0) is 32.1 Å². The summed E-state index contributed by atoms with van der Waals surface area (Å²) in [5.41, 5.74) is 0. The number of hydrogen-bond acceptors (Lipinski definition) is 7. The Labute approximate surface area is 348 Å². The number of carboxylic acids is 1. The summed E-state index contributed by atoms with van der Waals surface area (Å²) in [5.74, 6) is -1.80. The molecular weight excluding hydrogens is 715 g/mol. The van der Waals surface area contributed by atoms with E-state index >= 15 is 0 Å². The van der Waals surface area contributed by atoms with Crippen LogP contribution in [0.2, 0.25) is 0 Å². The zero-order chi connectivity index (χ0) is 42.1. The molecule has 2 atom stereocenters. The molecule has 57 heavy (non-hydrogen) atoms. The van der Waals surface area contributed by atoms with Crippen molar-refractivity contribution in [2.45, 2.75) is 167 Å². The van der Waals surface area contributed by atoms with Crippen LogP contribution in [-0.4, -0.2) is 75.5 Å². The van der Waals surface area contributed by atoms with E-state index in [0.29, 0.717) is 12.8 Å². The zero-order valence-electron chi connectivity index (χ0n) is 36.7. The number of likely N-dealkylation sites (N-methyl/N-ethyl adjacent to an activating group) is 1. The Balaban J connectivity index is 4.48. The molecule has 0 rings (SSSR count). The van der Waals surface area contributed by atoms with E-state index in [-0.39, 0.29) is 49.1 Å². The van der Waals surface area contributed by atoms with Gasteiger partial charge in [0.2, 0.25) is 0 Å². The van der Waals surface area contributed by atoms with Crippen LogP contribution in [0, 0.1) is 0 Å². The third kappa shape index (κ3) is 37.8. The Morgan fingerprint density at radius 3 is 1.46 bits per heavy atom. The number of carboxylic acid groups (broad SMARTS) is 1. The average Bonchev–Trinajstić information content (AvgIpc) is 3.17. The summed E-state index contributed by atoms with van der Waals surface area (Å²) in [6, 6.07) is -0.738. The number of esters is 2. The molecule has 0 saturated carbocycles. The summed E-state index contributed by atoms with van der Waals surface area (Å²) < 4.78 is 17.1. The molecular formula is C49H81NO7. The molecule has 8 heteroatoms. The van der Waals surface area contributed by atoms with Crippen LogP contribution in [0.25, 0.3) is 0 Å². The number of quaternary nitrogens is 1. The predicted molar refractivity (Wildman–Crippen MR) is 235 cm³/mol. The van der Waals surface area contributed by atoms with Crippen LogP contribution >= 0.6 is 0 Å². The van der Waals surface area contributed by atoms with E-state index in [1.54, 1.807) is 21.1 Å². The second-order valence-corrected chi connectivity index (χ2v) is 15.7. The van der Waals surface area contributed by atoms with Crippen molar-refractivity contribution in [3.05, 3.63) is 85.1 Å². The minimum atomic E-state index is -1.14. The maximum atomic E-state index is 12.7. The number of rotatable bonds is 38. The lowest BCUT2D eigenvalue weighted by molar-refractivity contribution is -0.889. The summed E-state index contributed by atoms with van der Waals surface area (Å²) in [4.78, 5) is 36.9. The van der Waals surface area contributed by atoms with Crippen molar-refractivity contribution < 1.29 is 38.2 Å². The Kier molecular flexibility index (Phi) is 36.9. The molecule has 0 radical (unpaired) electrons. The van der Waals surface area contributed by atoms with E-state index in [2.05, 4.69) is 26.0 Å². The number of hydrogen-bond donors (Lipinski definition) is 0. The Morgan fingerprint density at radius 1 is 0.544 bits per heavy atom. The fourth-order valence-electron chi connectivity index (χ4n) is 6.05. The number of carbonyl (C=O) groups excluding carboxylic acids is 3. The van der Waals surface area contributed by atoms with Crippen LogP contribution in [0.1, 0.15) is 155 Å². The summed E-state index contributed by atoms with van der Waals surface area (Å²) in [6.45, 7) is 4.45. The third-order valence-electron chi connectivity index (χ3n) is 9.49. The van der Waals surface area contributed by atoms with Gasteiger partial charge in [-0.15, -0.1) is 0 Å². The Hall–Kier alpha value is -3.49. The SMILES string of the molecule is CC/C=C/C=C/C=C/C=C/C=C/C=C/C=C/CCCCCC(=O)OC(COCCC(C(=O)[O-])[N+](C)(C)C)COC(=O)CCCCCCCCCCCCCCCC. The van der Waals surface area contributed by atoms with Gasteiger partial charge in [0.1, 0.15) is 12.6 Å². The largest absolute Gasteiger partial charge is 0.544 e. The van der Waals surface area contributed by atoms with Crippen LogP contribution in [0.4, 0.5) is 0 Å². The number of unbranched alkanes of at least 4 members (excludes halogenated alkanes) is 16. The van der Waals surface area contributed by atoms with Gasteiger partial charge in [0, 0.05) is 19.3 Å². The first-order valence-corrected chi connectivity index (χ1v) is 22.2. The molecule has 0 aliphatic carbocycles. The monoisotopic (exact) mass is 796 g/mol. The molecule has 0 aliphatic heterocycles. The van der Waals surface area contributed by atoms with Gasteiger partial charge in [-0.1, -0.05) is 189 Å². The zero-order valence-corrected chi connectivity index (χ0v) is 36.7. The van der Waals surface area contributed by atoms with Gasteiger partial charge in [-0.2, -0.15) is 0 Å². The predicted octanol–water partition coefficient (Wildman–Crippen LogP) is 10.8. The molecule has 0 saturated heterocycles. The number of nitrogens with zero attached hydrogens (tertiary/aromatic N) is 1. The molecule has 0 bridgehead atoms. The topological polar surface area (TPSA) is 102 Å². The molecule has 0 aromatic rings. The van der Waals surface area contributed by atoms with Crippen LogP contribution in [0.3, 0.4) is 0 Å². The van der Waals surface area contributed by atoms with E-state index in [0.717, 1.165) is 44.9 Å². The molecule has 0 fully saturated rings. The molecule has 0 amide bonds. The van der Waals surface area contributed by atoms with Crippen LogP contribution in [0.15, 0.2) is 85.1 Å². The first-order valence-electron chi connectivity index (χ1n) is 22.2. The fourth-order valence-corrected chi connectivity index (χ4v) is 6.05. The summed E-state index contributed by atoms with van der Waals surface area (Å²) in [6.07, 6.45) is 50.3. The van der Waals surface area contributed by atoms with Crippen molar-refractivity contribution in [2.75, 3.05) is 41.0 Å². The molecule has 0 aromatic heterocycles. The van der Waals surface area contributed by atoms with Crippen LogP contribution in [0.5, 0.6) is 0 Å². The van der Waals surface area contributed by atoms with E-state index in [1.807, 2.05) is 72.9 Å². The molecule has 0 spiro atoms. The number of carbonyl (C=O) groups is 3. The first kappa shape index (κ1) is 53.5. The summed E-state index contributed by atoms with van der Waals surface area (Å²) in [7, 11) is 5.38. The van der Waals surface area contributed by atoms with Crippen molar-refractivity contribution >= 4 is 17.9 Å². The molecule has 8 nitrogen and oxygen atoms in total. The van der Waals surface area contributed by atoms with Crippen molar-refractivity contribution in [2.24, 2.45) is 0 Å². The van der Waals surface area contributed by atoms with Crippen molar-refractivity contribution in [3.63, 3.8) is 0 Å². The second kappa shape index (κ2) is 39.3. The average molecular weight is 796 g/mol. The van der Waals surface area contributed by atoms with E-state index in [9.17, 15) is 19.5 Å². The maximum absolute atomic E-state index is 12.7. The minimum absolute atomic E-state index is 0.0183. The molecule has 2 unspecified atom stereocenters. The quantitative estimate of drug-likeness (QED) is 0.0265. The van der Waals surface area contributed by atoms with E-state index in [1.165, 1.54) is 70.6 Å². The first-order chi connectivity index (χ1) is 27.6. The highest BCUT2D eigenvalue weighted by molar-refractivity contribution is 5.70. The lowest BCUT2D eigenvalue weighted by Crippen LogP contribution is -2.55. The van der Waals surface area contributed by atoms with Crippen molar-refractivity contribution in [3.8, 4) is 0 Å². The molecule has 0 N–H and O–H groups in total. The fraction of sp³-hybridized carbons (Fsp3) is 0.653. The summed E-state index contributed by atoms with van der Waals surface area (Å²) >= 11 is 0. The standard InChI is InChI=1S/C49H81NO7/c1-6-8-10-12-14-16-18-20-22-23-24-25-26-28-30-32-34-36-38-40-48(52)57-45(43-55-42-41-46(49(53)54)50(3,4)5)44-56-47(51)39-37-35-33-31-29-27-21-19-17-15-13-11-9-7-2/h8,10,12,14,16,18,20,22-26,28,30,45-46H,6-7,9,11,13,15,17,19,21,27,29,31-44H2,1-5H3/b10-8+,14-12+,18-16+,22-20+,24-23+,26-25+,30-28+. The Bertz CT molecular complexity index is 1200. The van der Waals surface area contributed by atoms with Gasteiger partial charge >= 0.3 is 11.9 Å². The van der Waals surface area contributed by atoms with Gasteiger partial charge < -0.3 is 28.6 Å². The highest BCUT2D eigenvalue weighted by Crippen LogP contribution is 2.14. The molecule has 0 heterocycles. The van der Waals surface area contributed by atoms with Crippen LogP contribution in [-0.2, 0) is 28.6 Å². The lowest BCUT2D eigenvalue weighted by Gasteiger charge is -2.34. The smallest absolute Gasteiger partial charge is 0.306 e. The van der Waals surface area contributed by atoms with Gasteiger partial charge in [0.25, 0.3) is 0 Å². The second-order valence-electron chi connectivity index (χ2n) is 15.7. The minimum Gasteiger partial charge on any atom is -0.544 e. The van der Waals surface area contributed by atoms with Gasteiger partial charge in [-0.3, -0.25) is 9.59 Å². The summed E-state index contributed by atoms with van der Waals surface area (Å²) in [5, 5.41) is 11.6. The third-order valence-corrected chi connectivity index (χ3v) is 9.49. The molecule has 0 aromatic carbocycles. The van der Waals surface area contributed by atoms with Gasteiger partial charge in [0.15, 0.2) is 6.10 Å².